The van der Waals surface area contributed by atoms with E-state index >= 15 is 0 Å². The molecule has 0 radical (unpaired) electrons. The number of hydrogen-bond acceptors (Lipinski definition) is 8. The Morgan fingerprint density at radius 1 is 1.15 bits per heavy atom. The number of amides is 1. The Hall–Kier alpha value is -3.08. The highest BCUT2D eigenvalue weighted by molar-refractivity contribution is 6.33. The van der Waals surface area contributed by atoms with Crippen molar-refractivity contribution in [1.29, 1.82) is 0 Å². The lowest BCUT2D eigenvalue weighted by molar-refractivity contribution is -0.0153. The second kappa shape index (κ2) is 11.1. The Morgan fingerprint density at radius 3 is 2.50 bits per heavy atom. The maximum absolute atomic E-state index is 11.9. The average molecular weight is 590 g/mol. The molecular weight excluding hydrogens is 555 g/mol. The summed E-state index contributed by atoms with van der Waals surface area (Å²) in [7, 11) is 3.24. The second-order valence-corrected chi connectivity index (χ2v) is 11.6. The summed E-state index contributed by atoms with van der Waals surface area (Å²) in [5.74, 6) is 1.81. The predicted molar refractivity (Wildman–Crippen MR) is 154 cm³/mol. The van der Waals surface area contributed by atoms with E-state index in [0.717, 1.165) is 42.1 Å². The molecule has 2 saturated heterocycles. The zero-order valence-electron chi connectivity index (χ0n) is 23.4. The molecule has 0 aliphatic carbocycles. The van der Waals surface area contributed by atoms with Gasteiger partial charge in [-0.25, -0.2) is 14.8 Å². The van der Waals surface area contributed by atoms with Crippen LogP contribution in [0.2, 0.25) is 10.2 Å². The molecule has 5 rings (SSSR count). The number of anilines is 1. The number of carbonyl (C=O) groups is 1. The number of rotatable bonds is 8. The molecule has 4 heterocycles. The topological polar surface area (TPSA) is 106 Å². The summed E-state index contributed by atoms with van der Waals surface area (Å²) in [4.78, 5) is 25.8. The van der Waals surface area contributed by atoms with Crippen LogP contribution in [0.4, 0.5) is 10.6 Å². The van der Waals surface area contributed by atoms with E-state index in [1.165, 1.54) is 7.11 Å². The van der Waals surface area contributed by atoms with Gasteiger partial charge in [0.25, 0.3) is 0 Å². The van der Waals surface area contributed by atoms with Crippen molar-refractivity contribution in [3.05, 3.63) is 39.5 Å². The van der Waals surface area contributed by atoms with Gasteiger partial charge in [-0.15, -0.1) is 0 Å². The molecule has 0 saturated carbocycles. The molecule has 3 aromatic rings. The first kappa shape index (κ1) is 28.4. The number of halogens is 2. The van der Waals surface area contributed by atoms with Gasteiger partial charge in [-0.3, -0.25) is 4.68 Å². The Balaban J connectivity index is 1.52. The summed E-state index contributed by atoms with van der Waals surface area (Å²) in [5, 5.41) is 15.4. The molecule has 1 amide bonds. The quantitative estimate of drug-likeness (QED) is 0.396. The molecule has 214 valence electrons. The summed E-state index contributed by atoms with van der Waals surface area (Å²) in [5.41, 5.74) is 3.89. The third-order valence-electron chi connectivity index (χ3n) is 7.65. The van der Waals surface area contributed by atoms with E-state index in [9.17, 15) is 9.90 Å². The molecule has 12 heteroatoms. The number of aliphatic hydroxyl groups excluding tert-OH is 1. The molecule has 1 spiro atoms. The van der Waals surface area contributed by atoms with Crippen LogP contribution in [-0.4, -0.2) is 81.8 Å². The van der Waals surface area contributed by atoms with Crippen molar-refractivity contribution in [2.24, 2.45) is 12.5 Å². The van der Waals surface area contributed by atoms with Crippen molar-refractivity contribution in [3.8, 4) is 28.5 Å². The van der Waals surface area contributed by atoms with Crippen LogP contribution in [0.15, 0.2) is 18.2 Å². The monoisotopic (exact) mass is 588 g/mol. The summed E-state index contributed by atoms with van der Waals surface area (Å²) in [6, 6.07) is 5.33. The van der Waals surface area contributed by atoms with E-state index in [2.05, 4.69) is 10.00 Å². The molecule has 2 aromatic heterocycles. The lowest BCUT2D eigenvalue weighted by Crippen LogP contribution is -2.73. The van der Waals surface area contributed by atoms with Gasteiger partial charge in [-0.05, 0) is 38.5 Å². The minimum Gasteiger partial charge on any atom is -0.491 e. The Bertz CT molecular complexity index is 1430. The van der Waals surface area contributed by atoms with Gasteiger partial charge < -0.3 is 24.4 Å². The molecule has 0 bridgehead atoms. The fourth-order valence-corrected chi connectivity index (χ4v) is 6.01. The first-order valence-corrected chi connectivity index (χ1v) is 14.1. The number of aromatic nitrogens is 4. The number of nitrogens with zero attached hydrogens (tertiary/aromatic N) is 6. The number of aryl methyl sites for hydroxylation is 1. The molecule has 1 atom stereocenters. The van der Waals surface area contributed by atoms with Crippen molar-refractivity contribution in [2.75, 3.05) is 44.8 Å². The number of ether oxygens (including phenoxy) is 2. The summed E-state index contributed by atoms with van der Waals surface area (Å²) < 4.78 is 12.5. The minimum atomic E-state index is -0.545. The molecule has 40 heavy (non-hydrogen) atoms. The predicted octanol–water partition coefficient (Wildman–Crippen LogP) is 4.90. The number of carbonyl (C=O) groups excluding carboxylic acids is 1. The van der Waals surface area contributed by atoms with Gasteiger partial charge in [0.1, 0.15) is 18.2 Å². The van der Waals surface area contributed by atoms with Crippen LogP contribution in [0.1, 0.15) is 30.9 Å². The lowest BCUT2D eigenvalue weighted by Gasteiger charge is -2.60. The molecule has 2 fully saturated rings. The van der Waals surface area contributed by atoms with Gasteiger partial charge in [0.05, 0.1) is 29.6 Å². The van der Waals surface area contributed by atoms with E-state index < -0.39 is 6.10 Å². The standard InChI is InChI=1S/C28H34Cl2N6O4/c1-6-7-18(37)11-40-19-8-9-21(29)20(10-19)25-31-22(23-17(3)24(30)33-34(23)4)16(2)26(32-25)35-12-28(13-35)14-36(15-28)27(38)39-5/h8-10,18,37H,6-7,11-15H2,1-5H3/t18-/m1/s1. The van der Waals surface area contributed by atoms with E-state index in [0.29, 0.717) is 52.5 Å². The molecule has 2 aliphatic rings. The van der Waals surface area contributed by atoms with E-state index in [4.69, 9.17) is 42.6 Å². The molecule has 10 nitrogen and oxygen atoms in total. The Labute approximate surface area is 243 Å². The van der Waals surface area contributed by atoms with Crippen LogP contribution < -0.4 is 9.64 Å². The third-order valence-corrected chi connectivity index (χ3v) is 8.34. The van der Waals surface area contributed by atoms with Gasteiger partial charge in [0, 0.05) is 55.3 Å². The molecule has 1 N–H and O–H groups in total. The molecule has 0 unspecified atom stereocenters. The summed E-state index contributed by atoms with van der Waals surface area (Å²) >= 11 is 13.1. The third kappa shape index (κ3) is 5.20. The average Bonchev–Trinajstić information content (AvgIpc) is 3.13. The number of benzene rings is 1. The largest absolute Gasteiger partial charge is 0.491 e. The number of likely N-dealkylation sites (tertiary alicyclic amines) is 1. The van der Waals surface area contributed by atoms with E-state index in [1.54, 1.807) is 27.8 Å². The van der Waals surface area contributed by atoms with Crippen molar-refractivity contribution >= 4 is 35.1 Å². The van der Waals surface area contributed by atoms with Crippen LogP contribution in [0.3, 0.4) is 0 Å². The van der Waals surface area contributed by atoms with Crippen LogP contribution in [-0.2, 0) is 11.8 Å². The molecule has 1 aromatic carbocycles. The van der Waals surface area contributed by atoms with Crippen LogP contribution in [0, 0.1) is 19.3 Å². The lowest BCUT2D eigenvalue weighted by atomic mass is 9.73. The Morgan fingerprint density at radius 2 is 1.88 bits per heavy atom. The molecule has 2 aliphatic heterocycles. The van der Waals surface area contributed by atoms with Gasteiger partial charge in [0.2, 0.25) is 0 Å². The summed E-state index contributed by atoms with van der Waals surface area (Å²) in [6.45, 7) is 8.96. The first-order valence-electron chi connectivity index (χ1n) is 13.3. The number of aliphatic hydroxyl groups is 1. The van der Waals surface area contributed by atoms with Gasteiger partial charge in [-0.2, -0.15) is 5.10 Å². The fourth-order valence-electron chi connectivity index (χ4n) is 5.60. The normalized spacial score (nSPS) is 16.5. The zero-order chi connectivity index (χ0) is 28.8. The number of methoxy groups -OCH3 is 1. The maximum atomic E-state index is 11.9. The Kier molecular flexibility index (Phi) is 7.87. The smallest absolute Gasteiger partial charge is 0.409 e. The number of hydrogen-bond donors (Lipinski definition) is 1. The highest BCUT2D eigenvalue weighted by Crippen LogP contribution is 2.44. The van der Waals surface area contributed by atoms with Crippen LogP contribution >= 0.6 is 23.2 Å². The first-order chi connectivity index (χ1) is 19.1. The zero-order valence-corrected chi connectivity index (χ0v) is 24.9. The van der Waals surface area contributed by atoms with Gasteiger partial charge in [-0.1, -0.05) is 36.5 Å². The van der Waals surface area contributed by atoms with Crippen molar-refractivity contribution in [3.63, 3.8) is 0 Å². The second-order valence-electron chi connectivity index (χ2n) is 10.8. The van der Waals surface area contributed by atoms with Crippen LogP contribution in [0.25, 0.3) is 22.8 Å². The highest BCUT2D eigenvalue weighted by Gasteiger charge is 2.54. The van der Waals surface area contributed by atoms with Crippen molar-refractivity contribution in [1.82, 2.24) is 24.6 Å². The van der Waals surface area contributed by atoms with Crippen molar-refractivity contribution < 1.29 is 19.4 Å². The van der Waals surface area contributed by atoms with Gasteiger partial charge >= 0.3 is 6.09 Å². The summed E-state index contributed by atoms with van der Waals surface area (Å²) in [6.07, 6.45) is 0.690. The highest BCUT2D eigenvalue weighted by atomic mass is 35.5. The van der Waals surface area contributed by atoms with Crippen LogP contribution in [0.5, 0.6) is 5.75 Å². The molecular formula is C28H34Cl2N6O4. The van der Waals surface area contributed by atoms with Crippen molar-refractivity contribution in [2.45, 2.75) is 39.7 Å². The fraction of sp³-hybridized carbons (Fsp3) is 0.500. The minimum absolute atomic E-state index is 0.0301. The van der Waals surface area contributed by atoms with Gasteiger partial charge in [0.15, 0.2) is 11.0 Å². The maximum Gasteiger partial charge on any atom is 0.409 e. The SMILES string of the molecule is CCC[C@@H](O)COc1ccc(Cl)c(-c2nc(-c3c(C)c(Cl)nn3C)c(C)c(N3CC4(CN(C(=O)OC)C4)C3)n2)c1. The van der Waals surface area contributed by atoms with E-state index in [-0.39, 0.29) is 18.1 Å². The van der Waals surface area contributed by atoms with E-state index in [1.807, 2.05) is 27.8 Å².